The quantitative estimate of drug-likeness (QED) is 0.882. The Labute approximate surface area is 113 Å². The van der Waals surface area contributed by atoms with E-state index < -0.39 is 0 Å². The largest absolute Gasteiger partial charge is 0.381 e. The number of nitrogens with one attached hydrogen (secondary N) is 1. The first-order valence-electron chi connectivity index (χ1n) is 6.86. The van der Waals surface area contributed by atoms with Crippen molar-refractivity contribution in [2.45, 2.75) is 31.3 Å². The molecule has 19 heavy (non-hydrogen) atoms. The molecule has 2 saturated heterocycles. The molecule has 2 aliphatic rings. The van der Waals surface area contributed by atoms with Gasteiger partial charge in [-0.3, -0.25) is 4.98 Å². The second-order valence-electron chi connectivity index (χ2n) is 5.03. The zero-order valence-electron chi connectivity index (χ0n) is 11.0. The van der Waals surface area contributed by atoms with Gasteiger partial charge in [-0.05, 0) is 12.1 Å². The standard InChI is InChI=1S/C14H20N2O3/c1-2-6-16-12(3-1)9-15-10-13-11-18-14(19-13)4-7-17-8-5-14/h1-3,6,13,15H,4-5,7-11H2/t13-/m1/s1. The van der Waals surface area contributed by atoms with Crippen molar-refractivity contribution < 1.29 is 14.2 Å². The van der Waals surface area contributed by atoms with Crippen LogP contribution in [0.15, 0.2) is 24.4 Å². The van der Waals surface area contributed by atoms with Gasteiger partial charge in [0.05, 0.1) is 31.6 Å². The van der Waals surface area contributed by atoms with Crippen LogP contribution in [0.1, 0.15) is 18.5 Å². The summed E-state index contributed by atoms with van der Waals surface area (Å²) in [5, 5.41) is 3.37. The Morgan fingerprint density at radius 2 is 2.21 bits per heavy atom. The number of pyridine rings is 1. The van der Waals surface area contributed by atoms with E-state index in [1.54, 1.807) is 0 Å². The van der Waals surface area contributed by atoms with E-state index >= 15 is 0 Å². The van der Waals surface area contributed by atoms with Gasteiger partial charge in [0.15, 0.2) is 5.79 Å². The minimum atomic E-state index is -0.379. The maximum Gasteiger partial charge on any atom is 0.173 e. The zero-order chi connectivity index (χ0) is 13.0. The topological polar surface area (TPSA) is 52.6 Å². The van der Waals surface area contributed by atoms with E-state index in [2.05, 4.69) is 10.3 Å². The van der Waals surface area contributed by atoms with Crippen molar-refractivity contribution in [2.75, 3.05) is 26.4 Å². The highest BCUT2D eigenvalue weighted by Gasteiger charge is 2.42. The van der Waals surface area contributed by atoms with Gasteiger partial charge < -0.3 is 19.5 Å². The molecule has 104 valence electrons. The fourth-order valence-corrected chi connectivity index (χ4v) is 2.53. The highest BCUT2D eigenvalue weighted by atomic mass is 16.7. The highest BCUT2D eigenvalue weighted by Crippen LogP contribution is 2.32. The Hall–Kier alpha value is -1.01. The van der Waals surface area contributed by atoms with Crippen LogP contribution in [0.5, 0.6) is 0 Å². The number of rotatable bonds is 4. The Morgan fingerprint density at radius 3 is 3.00 bits per heavy atom. The summed E-state index contributed by atoms with van der Waals surface area (Å²) < 4.78 is 17.2. The monoisotopic (exact) mass is 264 g/mol. The number of ether oxygens (including phenoxy) is 3. The van der Waals surface area contributed by atoms with Crippen molar-refractivity contribution in [3.05, 3.63) is 30.1 Å². The third-order valence-electron chi connectivity index (χ3n) is 3.57. The van der Waals surface area contributed by atoms with E-state index in [0.717, 1.165) is 44.8 Å². The smallest absolute Gasteiger partial charge is 0.173 e. The lowest BCUT2D eigenvalue weighted by atomic mass is 10.1. The molecule has 1 aromatic rings. The highest BCUT2D eigenvalue weighted by molar-refractivity contribution is 5.02. The third kappa shape index (κ3) is 3.30. The molecule has 1 aromatic heterocycles. The number of hydrogen-bond donors (Lipinski definition) is 1. The van der Waals surface area contributed by atoms with Crippen LogP contribution in [0.4, 0.5) is 0 Å². The van der Waals surface area contributed by atoms with Gasteiger partial charge in [-0.25, -0.2) is 0 Å². The van der Waals surface area contributed by atoms with Crippen molar-refractivity contribution in [1.29, 1.82) is 0 Å². The molecule has 1 spiro atoms. The average molecular weight is 264 g/mol. The van der Waals surface area contributed by atoms with Crippen LogP contribution in [-0.4, -0.2) is 43.2 Å². The molecule has 5 heteroatoms. The van der Waals surface area contributed by atoms with Crippen molar-refractivity contribution >= 4 is 0 Å². The lowest BCUT2D eigenvalue weighted by Gasteiger charge is -2.31. The van der Waals surface area contributed by atoms with Crippen LogP contribution in [0, 0.1) is 0 Å². The minimum Gasteiger partial charge on any atom is -0.381 e. The van der Waals surface area contributed by atoms with Gasteiger partial charge in [0, 0.05) is 32.1 Å². The van der Waals surface area contributed by atoms with Gasteiger partial charge >= 0.3 is 0 Å². The Balaban J connectivity index is 1.42. The van der Waals surface area contributed by atoms with Gasteiger partial charge in [-0.2, -0.15) is 0 Å². The summed E-state index contributed by atoms with van der Waals surface area (Å²) in [5.41, 5.74) is 1.04. The molecule has 0 aliphatic carbocycles. The predicted molar refractivity (Wildman–Crippen MR) is 69.6 cm³/mol. The van der Waals surface area contributed by atoms with Crippen LogP contribution in [0.25, 0.3) is 0 Å². The number of nitrogens with zero attached hydrogens (tertiary/aromatic N) is 1. The Morgan fingerprint density at radius 1 is 1.32 bits per heavy atom. The predicted octanol–water partition coefficient (Wildman–Crippen LogP) is 1.09. The van der Waals surface area contributed by atoms with Gasteiger partial charge in [-0.15, -0.1) is 0 Å². The first kappa shape index (κ1) is 13.0. The molecular formula is C14H20N2O3. The number of aromatic nitrogens is 1. The van der Waals surface area contributed by atoms with Crippen LogP contribution < -0.4 is 5.32 Å². The van der Waals surface area contributed by atoms with Crippen molar-refractivity contribution in [1.82, 2.24) is 10.3 Å². The average Bonchev–Trinajstić information content (AvgIpc) is 2.84. The first-order valence-corrected chi connectivity index (χ1v) is 6.86. The summed E-state index contributed by atoms with van der Waals surface area (Å²) in [6, 6.07) is 5.93. The molecule has 0 unspecified atom stereocenters. The summed E-state index contributed by atoms with van der Waals surface area (Å²) in [6.45, 7) is 3.67. The van der Waals surface area contributed by atoms with Crippen LogP contribution >= 0.6 is 0 Å². The van der Waals surface area contributed by atoms with Gasteiger partial charge in [0.1, 0.15) is 0 Å². The molecule has 3 heterocycles. The molecule has 2 fully saturated rings. The second-order valence-corrected chi connectivity index (χ2v) is 5.03. The van der Waals surface area contributed by atoms with Crippen LogP contribution in [-0.2, 0) is 20.8 Å². The van der Waals surface area contributed by atoms with Crippen molar-refractivity contribution in [3.8, 4) is 0 Å². The fourth-order valence-electron chi connectivity index (χ4n) is 2.53. The van der Waals surface area contributed by atoms with Gasteiger partial charge in [0.2, 0.25) is 0 Å². The zero-order valence-corrected chi connectivity index (χ0v) is 11.0. The van der Waals surface area contributed by atoms with E-state index in [0.29, 0.717) is 6.61 Å². The molecule has 0 radical (unpaired) electrons. The normalized spacial score (nSPS) is 25.8. The molecule has 5 nitrogen and oxygen atoms in total. The minimum absolute atomic E-state index is 0.127. The Bertz CT molecular complexity index is 393. The summed E-state index contributed by atoms with van der Waals surface area (Å²) in [7, 11) is 0. The van der Waals surface area contributed by atoms with Gasteiger partial charge in [0.25, 0.3) is 0 Å². The molecule has 0 bridgehead atoms. The molecule has 3 rings (SSSR count). The van der Waals surface area contributed by atoms with Gasteiger partial charge in [-0.1, -0.05) is 6.07 Å². The fraction of sp³-hybridized carbons (Fsp3) is 0.643. The summed E-state index contributed by atoms with van der Waals surface area (Å²) in [6.07, 6.45) is 3.61. The molecule has 1 atom stereocenters. The molecule has 1 N–H and O–H groups in total. The lowest BCUT2D eigenvalue weighted by Crippen LogP contribution is -2.39. The van der Waals surface area contributed by atoms with Crippen LogP contribution in [0.3, 0.4) is 0 Å². The summed E-state index contributed by atoms with van der Waals surface area (Å²) >= 11 is 0. The second kappa shape index (κ2) is 5.96. The summed E-state index contributed by atoms with van der Waals surface area (Å²) in [5.74, 6) is -0.379. The molecule has 0 saturated carbocycles. The molecular weight excluding hydrogens is 244 g/mol. The SMILES string of the molecule is c1ccc(CNC[C@@H]2COC3(CCOCC3)O2)nc1. The lowest BCUT2D eigenvalue weighted by molar-refractivity contribution is -0.210. The third-order valence-corrected chi connectivity index (χ3v) is 3.57. The maximum atomic E-state index is 6.04. The molecule has 2 aliphatic heterocycles. The summed E-state index contributed by atoms with van der Waals surface area (Å²) in [4.78, 5) is 4.28. The van der Waals surface area contributed by atoms with E-state index in [9.17, 15) is 0 Å². The molecule has 0 aromatic carbocycles. The maximum absolute atomic E-state index is 6.04. The van der Waals surface area contributed by atoms with E-state index in [1.165, 1.54) is 0 Å². The van der Waals surface area contributed by atoms with Crippen LogP contribution in [0.2, 0.25) is 0 Å². The van der Waals surface area contributed by atoms with E-state index in [-0.39, 0.29) is 11.9 Å². The van der Waals surface area contributed by atoms with E-state index in [1.807, 2.05) is 24.4 Å². The van der Waals surface area contributed by atoms with Crippen molar-refractivity contribution in [3.63, 3.8) is 0 Å². The number of hydrogen-bond acceptors (Lipinski definition) is 5. The first-order chi connectivity index (χ1) is 9.36. The Kier molecular flexibility index (Phi) is 4.08. The molecule has 0 amide bonds. The van der Waals surface area contributed by atoms with E-state index in [4.69, 9.17) is 14.2 Å². The van der Waals surface area contributed by atoms with Crippen molar-refractivity contribution in [2.24, 2.45) is 0 Å².